The van der Waals surface area contributed by atoms with Crippen LogP contribution in [-0.4, -0.2) is 43.5 Å². The number of likely N-dealkylation sites (tertiary alicyclic amines) is 1. The zero-order chi connectivity index (χ0) is 24.0. The minimum absolute atomic E-state index is 0.00107. The standard InChI is InChI=1S/C28H39N3O3/c1-34-21-8-6-20(7-9-21)12-14-28(25(30)33)23-11-10-22(26(23)15-16-26)27(28,24(29)32)13-2-3-17-31-18-4-5-19-31/h6-11,22-23H,2-5,12-19H2,1H3,(H2,29,32)(H2,30,33)/t22-,23+,27+,28+/m1/s1. The Morgan fingerprint density at radius 2 is 1.53 bits per heavy atom. The fourth-order valence-corrected chi connectivity index (χ4v) is 8.06. The molecule has 184 valence electrons. The summed E-state index contributed by atoms with van der Waals surface area (Å²) in [4.78, 5) is 29.4. The maximum Gasteiger partial charge on any atom is 0.225 e. The number of primary amides is 2. The average molecular weight is 466 g/mol. The van der Waals surface area contributed by atoms with Gasteiger partial charge in [-0.2, -0.15) is 0 Å². The number of carbonyl (C=O) groups excluding carboxylic acids is 2. The van der Waals surface area contributed by atoms with E-state index in [1.165, 1.54) is 25.9 Å². The smallest absolute Gasteiger partial charge is 0.225 e. The number of methoxy groups -OCH3 is 1. The molecule has 1 aromatic carbocycles. The molecule has 1 spiro atoms. The van der Waals surface area contributed by atoms with Gasteiger partial charge in [-0.1, -0.05) is 30.7 Å². The lowest BCUT2D eigenvalue weighted by Crippen LogP contribution is -2.59. The van der Waals surface area contributed by atoms with Crippen LogP contribution < -0.4 is 16.2 Å². The number of aryl methyl sites for hydroxylation is 1. The molecule has 1 aliphatic heterocycles. The van der Waals surface area contributed by atoms with Gasteiger partial charge in [0.25, 0.3) is 0 Å². The monoisotopic (exact) mass is 465 g/mol. The van der Waals surface area contributed by atoms with E-state index in [0.717, 1.165) is 43.5 Å². The molecular formula is C28H39N3O3. The number of unbranched alkanes of at least 4 members (excludes halogenated alkanes) is 1. The first kappa shape index (κ1) is 23.4. The van der Waals surface area contributed by atoms with Gasteiger partial charge < -0.3 is 21.1 Å². The summed E-state index contributed by atoms with van der Waals surface area (Å²) in [6.45, 7) is 3.40. The molecule has 0 aromatic heterocycles. The van der Waals surface area contributed by atoms with Crippen LogP contribution in [0.2, 0.25) is 0 Å². The van der Waals surface area contributed by atoms with E-state index >= 15 is 0 Å². The summed E-state index contributed by atoms with van der Waals surface area (Å²) >= 11 is 0. The quantitative estimate of drug-likeness (QED) is 0.386. The van der Waals surface area contributed by atoms with E-state index in [2.05, 4.69) is 17.1 Å². The molecule has 6 heteroatoms. The van der Waals surface area contributed by atoms with Crippen molar-refractivity contribution < 1.29 is 14.3 Å². The minimum atomic E-state index is -0.928. The molecule has 3 aliphatic carbocycles. The van der Waals surface area contributed by atoms with Crippen molar-refractivity contribution in [2.45, 2.75) is 57.8 Å². The van der Waals surface area contributed by atoms with Crippen molar-refractivity contribution in [1.82, 2.24) is 4.90 Å². The molecule has 0 radical (unpaired) electrons. The molecule has 0 unspecified atom stereocenters. The predicted molar refractivity (Wildman–Crippen MR) is 132 cm³/mol. The molecule has 2 amide bonds. The summed E-state index contributed by atoms with van der Waals surface area (Å²) in [5, 5.41) is 0. The topological polar surface area (TPSA) is 98.7 Å². The van der Waals surface area contributed by atoms with Gasteiger partial charge in [0, 0.05) is 0 Å². The molecule has 1 aromatic rings. The maximum atomic E-state index is 13.5. The number of nitrogens with two attached hydrogens (primary N) is 2. The Kier molecular flexibility index (Phi) is 5.99. The van der Waals surface area contributed by atoms with Crippen LogP contribution in [0.15, 0.2) is 36.4 Å². The van der Waals surface area contributed by atoms with E-state index in [-0.39, 0.29) is 29.1 Å². The van der Waals surface area contributed by atoms with Crippen LogP contribution in [0.25, 0.3) is 0 Å². The van der Waals surface area contributed by atoms with Crippen molar-refractivity contribution in [2.24, 2.45) is 39.5 Å². The van der Waals surface area contributed by atoms with E-state index in [1.54, 1.807) is 7.11 Å². The Morgan fingerprint density at radius 1 is 0.941 bits per heavy atom. The number of hydrogen-bond acceptors (Lipinski definition) is 4. The van der Waals surface area contributed by atoms with Gasteiger partial charge in [-0.05, 0) is 106 Å². The van der Waals surface area contributed by atoms with Gasteiger partial charge in [0.1, 0.15) is 5.75 Å². The van der Waals surface area contributed by atoms with Crippen molar-refractivity contribution in [1.29, 1.82) is 0 Å². The third kappa shape index (κ3) is 3.32. The van der Waals surface area contributed by atoms with Gasteiger partial charge in [-0.3, -0.25) is 9.59 Å². The van der Waals surface area contributed by atoms with Crippen LogP contribution in [0.1, 0.15) is 56.9 Å². The molecule has 4 aliphatic rings. The normalized spacial score (nSPS) is 33.0. The van der Waals surface area contributed by atoms with E-state index in [1.807, 2.05) is 24.3 Å². The second kappa shape index (κ2) is 8.71. The SMILES string of the molecule is COc1ccc(CC[C@@]2(C(N)=O)[C@H]3C=C[C@H](C34CC4)[C@@]2(CCCCN2CCCC2)C(N)=O)cc1. The molecule has 1 heterocycles. The lowest BCUT2D eigenvalue weighted by molar-refractivity contribution is -0.152. The number of ether oxygens (including phenoxy) is 1. The zero-order valence-corrected chi connectivity index (χ0v) is 20.4. The van der Waals surface area contributed by atoms with E-state index < -0.39 is 10.8 Å². The predicted octanol–water partition coefficient (Wildman–Crippen LogP) is 3.43. The van der Waals surface area contributed by atoms with Crippen molar-refractivity contribution in [3.05, 3.63) is 42.0 Å². The van der Waals surface area contributed by atoms with Crippen molar-refractivity contribution in [3.63, 3.8) is 0 Å². The van der Waals surface area contributed by atoms with Crippen LogP contribution in [-0.2, 0) is 16.0 Å². The number of hydrogen-bond donors (Lipinski definition) is 2. The highest BCUT2D eigenvalue weighted by Gasteiger charge is 2.81. The fourth-order valence-electron chi connectivity index (χ4n) is 8.06. The third-order valence-corrected chi connectivity index (χ3v) is 9.76. The number of amides is 2. The summed E-state index contributed by atoms with van der Waals surface area (Å²) in [5.74, 6) is 0.162. The first-order chi connectivity index (χ1) is 16.4. The number of carbonyl (C=O) groups is 2. The van der Waals surface area contributed by atoms with Crippen LogP contribution in [0.5, 0.6) is 5.75 Å². The number of allylic oxidation sites excluding steroid dienone is 2. The number of benzene rings is 1. The number of nitrogens with zero attached hydrogens (tertiary/aromatic N) is 1. The van der Waals surface area contributed by atoms with Crippen LogP contribution in [0, 0.1) is 28.1 Å². The lowest BCUT2D eigenvalue weighted by atomic mass is 9.53. The first-order valence-electron chi connectivity index (χ1n) is 13.0. The Balaban J connectivity index is 1.44. The molecule has 6 nitrogen and oxygen atoms in total. The minimum Gasteiger partial charge on any atom is -0.497 e. The van der Waals surface area contributed by atoms with Gasteiger partial charge >= 0.3 is 0 Å². The highest BCUT2D eigenvalue weighted by molar-refractivity contribution is 5.95. The average Bonchev–Trinajstić information content (AvgIpc) is 3.20. The molecule has 5 rings (SSSR count). The first-order valence-corrected chi connectivity index (χ1v) is 13.0. The van der Waals surface area contributed by atoms with Crippen LogP contribution in [0.3, 0.4) is 0 Å². The second-order valence-electron chi connectivity index (χ2n) is 11.1. The van der Waals surface area contributed by atoms with Crippen LogP contribution in [0.4, 0.5) is 0 Å². The van der Waals surface area contributed by atoms with Crippen molar-refractivity contribution >= 4 is 11.8 Å². The summed E-state index contributed by atoms with van der Waals surface area (Å²) in [5.41, 5.74) is 11.9. The number of rotatable bonds is 11. The van der Waals surface area contributed by atoms with Gasteiger partial charge in [-0.25, -0.2) is 0 Å². The maximum absolute atomic E-state index is 13.5. The highest BCUT2D eigenvalue weighted by Crippen LogP contribution is 2.81. The summed E-state index contributed by atoms with van der Waals surface area (Å²) in [6.07, 6.45) is 12.9. The summed E-state index contributed by atoms with van der Waals surface area (Å²) < 4.78 is 5.29. The van der Waals surface area contributed by atoms with E-state index in [9.17, 15) is 9.59 Å². The van der Waals surface area contributed by atoms with Crippen LogP contribution >= 0.6 is 0 Å². The van der Waals surface area contributed by atoms with Gasteiger partial charge in [0.2, 0.25) is 11.8 Å². The third-order valence-electron chi connectivity index (χ3n) is 9.76. The van der Waals surface area contributed by atoms with Gasteiger partial charge in [-0.15, -0.1) is 0 Å². The van der Waals surface area contributed by atoms with E-state index in [4.69, 9.17) is 16.2 Å². The summed E-state index contributed by atoms with van der Waals surface area (Å²) in [7, 11) is 1.65. The van der Waals surface area contributed by atoms with Gasteiger partial charge in [0.05, 0.1) is 17.9 Å². The van der Waals surface area contributed by atoms with Crippen molar-refractivity contribution in [2.75, 3.05) is 26.7 Å². The molecule has 2 bridgehead atoms. The molecule has 4 N–H and O–H groups in total. The van der Waals surface area contributed by atoms with Crippen molar-refractivity contribution in [3.8, 4) is 5.75 Å². The molecular weight excluding hydrogens is 426 g/mol. The Hall–Kier alpha value is -2.34. The highest BCUT2D eigenvalue weighted by atomic mass is 16.5. The molecule has 34 heavy (non-hydrogen) atoms. The molecule has 1 saturated heterocycles. The Bertz CT molecular complexity index is 964. The Morgan fingerprint density at radius 3 is 2.06 bits per heavy atom. The molecule has 4 atom stereocenters. The molecule has 2 saturated carbocycles. The molecule has 3 fully saturated rings. The summed E-state index contributed by atoms with van der Waals surface area (Å²) in [6, 6.07) is 7.95. The lowest BCUT2D eigenvalue weighted by Gasteiger charge is -2.48. The van der Waals surface area contributed by atoms with Gasteiger partial charge in [0.15, 0.2) is 0 Å². The largest absolute Gasteiger partial charge is 0.497 e. The fraction of sp³-hybridized carbons (Fsp3) is 0.643. The Labute approximate surface area is 203 Å². The van der Waals surface area contributed by atoms with E-state index in [0.29, 0.717) is 19.3 Å². The second-order valence-corrected chi connectivity index (χ2v) is 11.1. The zero-order valence-electron chi connectivity index (χ0n) is 20.4.